The number of ether oxygens (including phenoxy) is 2. The van der Waals surface area contributed by atoms with Gasteiger partial charge >= 0.3 is 5.97 Å². The van der Waals surface area contributed by atoms with Crippen molar-refractivity contribution < 1.29 is 27.8 Å². The van der Waals surface area contributed by atoms with Gasteiger partial charge in [-0.25, -0.2) is 8.42 Å². The Morgan fingerprint density at radius 2 is 1.83 bits per heavy atom. The topological polar surface area (TPSA) is 102 Å². The SMILES string of the molecule is COCCOc1ccc(S(=O)(=O)N[C@H](CC(C)C)C(=O)O)cc1. The van der Waals surface area contributed by atoms with Crippen LogP contribution in [-0.4, -0.2) is 45.9 Å². The summed E-state index contributed by atoms with van der Waals surface area (Å²) in [6.45, 7) is 4.44. The van der Waals surface area contributed by atoms with Gasteiger partial charge in [-0.1, -0.05) is 13.8 Å². The Bertz CT molecular complexity index is 597. The van der Waals surface area contributed by atoms with Crippen LogP contribution >= 0.6 is 0 Å². The van der Waals surface area contributed by atoms with E-state index in [0.717, 1.165) is 0 Å². The van der Waals surface area contributed by atoms with Crippen molar-refractivity contribution in [2.75, 3.05) is 20.3 Å². The first-order valence-electron chi connectivity index (χ1n) is 7.23. The maximum Gasteiger partial charge on any atom is 0.321 e. The lowest BCUT2D eigenvalue weighted by molar-refractivity contribution is -0.139. The van der Waals surface area contributed by atoms with E-state index < -0.39 is 22.0 Å². The number of benzene rings is 1. The summed E-state index contributed by atoms with van der Waals surface area (Å²) in [5.41, 5.74) is 0. The highest BCUT2D eigenvalue weighted by Crippen LogP contribution is 2.17. The van der Waals surface area contributed by atoms with Crippen molar-refractivity contribution in [1.82, 2.24) is 4.72 Å². The third-order valence-electron chi connectivity index (χ3n) is 2.99. The van der Waals surface area contributed by atoms with Gasteiger partial charge in [0.05, 0.1) is 11.5 Å². The first kappa shape index (κ1) is 19.4. The Kier molecular flexibility index (Phi) is 7.47. The molecule has 2 N–H and O–H groups in total. The van der Waals surface area contributed by atoms with Gasteiger partial charge in [0.2, 0.25) is 10.0 Å². The smallest absolute Gasteiger partial charge is 0.321 e. The highest BCUT2D eigenvalue weighted by Gasteiger charge is 2.26. The zero-order chi connectivity index (χ0) is 17.5. The number of methoxy groups -OCH3 is 1. The monoisotopic (exact) mass is 345 g/mol. The molecule has 1 atom stereocenters. The second kappa shape index (κ2) is 8.85. The van der Waals surface area contributed by atoms with E-state index in [2.05, 4.69) is 4.72 Å². The number of hydrogen-bond acceptors (Lipinski definition) is 5. The largest absolute Gasteiger partial charge is 0.491 e. The number of nitrogens with one attached hydrogen (secondary N) is 1. The molecular weight excluding hydrogens is 322 g/mol. The fourth-order valence-electron chi connectivity index (χ4n) is 1.88. The number of carboxylic acid groups (broad SMARTS) is 1. The summed E-state index contributed by atoms with van der Waals surface area (Å²) >= 11 is 0. The first-order valence-corrected chi connectivity index (χ1v) is 8.71. The summed E-state index contributed by atoms with van der Waals surface area (Å²) in [4.78, 5) is 11.2. The molecule has 0 saturated heterocycles. The molecule has 0 spiro atoms. The number of sulfonamides is 1. The Morgan fingerprint density at radius 3 is 2.30 bits per heavy atom. The second-order valence-electron chi connectivity index (χ2n) is 5.45. The summed E-state index contributed by atoms with van der Waals surface area (Å²) in [6.07, 6.45) is 0.215. The van der Waals surface area contributed by atoms with Crippen LogP contribution in [-0.2, 0) is 19.6 Å². The average Bonchev–Trinajstić information content (AvgIpc) is 2.46. The summed E-state index contributed by atoms with van der Waals surface area (Å²) in [7, 11) is -2.35. The van der Waals surface area contributed by atoms with E-state index in [1.807, 2.05) is 13.8 Å². The lowest BCUT2D eigenvalue weighted by Gasteiger charge is -2.16. The molecule has 0 aliphatic heterocycles. The molecule has 0 bridgehead atoms. The Labute approximate surface area is 136 Å². The summed E-state index contributed by atoms with van der Waals surface area (Å²) in [5.74, 6) is -0.630. The van der Waals surface area contributed by atoms with E-state index in [9.17, 15) is 13.2 Å². The molecule has 130 valence electrons. The number of carboxylic acids is 1. The van der Waals surface area contributed by atoms with Crippen LogP contribution in [0.3, 0.4) is 0 Å². The molecule has 0 amide bonds. The molecule has 23 heavy (non-hydrogen) atoms. The van der Waals surface area contributed by atoms with E-state index in [0.29, 0.717) is 19.0 Å². The zero-order valence-electron chi connectivity index (χ0n) is 13.5. The van der Waals surface area contributed by atoms with Crippen molar-refractivity contribution in [3.8, 4) is 5.75 Å². The molecule has 0 aliphatic carbocycles. The number of aliphatic carboxylic acids is 1. The highest BCUT2D eigenvalue weighted by atomic mass is 32.2. The number of rotatable bonds is 10. The molecule has 0 aromatic heterocycles. The fraction of sp³-hybridized carbons (Fsp3) is 0.533. The van der Waals surface area contributed by atoms with Crippen LogP contribution in [0.1, 0.15) is 20.3 Å². The van der Waals surface area contributed by atoms with Crippen LogP contribution < -0.4 is 9.46 Å². The van der Waals surface area contributed by atoms with Crippen molar-refractivity contribution in [2.24, 2.45) is 5.92 Å². The fourth-order valence-corrected chi connectivity index (χ4v) is 3.09. The van der Waals surface area contributed by atoms with E-state index in [4.69, 9.17) is 14.6 Å². The lowest BCUT2D eigenvalue weighted by Crippen LogP contribution is -2.41. The summed E-state index contributed by atoms with van der Waals surface area (Å²) in [5, 5.41) is 9.14. The second-order valence-corrected chi connectivity index (χ2v) is 7.17. The van der Waals surface area contributed by atoms with Crippen LogP contribution in [0.4, 0.5) is 0 Å². The summed E-state index contributed by atoms with van der Waals surface area (Å²) < 4.78 is 37.0. The van der Waals surface area contributed by atoms with Crippen LogP contribution in [0.5, 0.6) is 5.75 Å². The first-order chi connectivity index (χ1) is 10.8. The molecule has 0 unspecified atom stereocenters. The molecule has 0 saturated carbocycles. The van der Waals surface area contributed by atoms with Gasteiger partial charge in [-0.15, -0.1) is 0 Å². The Hall–Kier alpha value is -1.64. The van der Waals surface area contributed by atoms with Crippen LogP contribution in [0.25, 0.3) is 0 Å². The van der Waals surface area contributed by atoms with Gasteiger partial charge < -0.3 is 14.6 Å². The minimum atomic E-state index is -3.90. The van der Waals surface area contributed by atoms with E-state index in [1.54, 1.807) is 7.11 Å². The van der Waals surface area contributed by atoms with Gasteiger partial charge in [-0.2, -0.15) is 4.72 Å². The molecule has 0 radical (unpaired) electrons. The Balaban J connectivity index is 2.80. The maximum absolute atomic E-state index is 12.3. The van der Waals surface area contributed by atoms with E-state index in [-0.39, 0.29) is 17.2 Å². The molecule has 8 heteroatoms. The zero-order valence-corrected chi connectivity index (χ0v) is 14.3. The van der Waals surface area contributed by atoms with Crippen molar-refractivity contribution in [1.29, 1.82) is 0 Å². The molecular formula is C15H23NO6S. The predicted molar refractivity (Wildman–Crippen MR) is 85.0 cm³/mol. The van der Waals surface area contributed by atoms with Crippen molar-refractivity contribution in [3.63, 3.8) is 0 Å². The van der Waals surface area contributed by atoms with Gasteiger partial charge in [-0.3, -0.25) is 4.79 Å². The molecule has 0 heterocycles. The molecule has 1 aromatic carbocycles. The standard InChI is InChI=1S/C15H23NO6S/c1-11(2)10-14(15(17)18)16-23(19,20)13-6-4-12(5-7-13)22-9-8-21-3/h4-7,11,14,16H,8-10H2,1-3H3,(H,17,18)/t14-/m1/s1. The third kappa shape index (κ3) is 6.55. The maximum atomic E-state index is 12.3. The van der Waals surface area contributed by atoms with Crippen molar-refractivity contribution in [2.45, 2.75) is 31.2 Å². The van der Waals surface area contributed by atoms with E-state index >= 15 is 0 Å². The quantitative estimate of drug-likeness (QED) is 0.623. The highest BCUT2D eigenvalue weighted by molar-refractivity contribution is 7.89. The molecule has 7 nitrogen and oxygen atoms in total. The van der Waals surface area contributed by atoms with Crippen molar-refractivity contribution in [3.05, 3.63) is 24.3 Å². The van der Waals surface area contributed by atoms with Crippen LogP contribution in [0, 0.1) is 5.92 Å². The minimum absolute atomic E-state index is 0.00778. The molecule has 1 aromatic rings. The van der Waals surface area contributed by atoms with Gasteiger partial charge in [0.25, 0.3) is 0 Å². The molecule has 1 rings (SSSR count). The van der Waals surface area contributed by atoms with Gasteiger partial charge in [0.1, 0.15) is 18.4 Å². The van der Waals surface area contributed by atoms with Crippen LogP contribution in [0.2, 0.25) is 0 Å². The van der Waals surface area contributed by atoms with Crippen molar-refractivity contribution >= 4 is 16.0 Å². The van der Waals surface area contributed by atoms with Gasteiger partial charge in [0, 0.05) is 7.11 Å². The normalized spacial score (nSPS) is 13.0. The average molecular weight is 345 g/mol. The number of hydrogen-bond donors (Lipinski definition) is 2. The molecule has 0 aliphatic rings. The van der Waals surface area contributed by atoms with Gasteiger partial charge in [-0.05, 0) is 36.6 Å². The molecule has 0 fully saturated rings. The van der Waals surface area contributed by atoms with Crippen LogP contribution in [0.15, 0.2) is 29.2 Å². The Morgan fingerprint density at radius 1 is 1.22 bits per heavy atom. The summed E-state index contributed by atoms with van der Waals surface area (Å²) in [6, 6.07) is 4.63. The minimum Gasteiger partial charge on any atom is -0.491 e. The predicted octanol–water partition coefficient (Wildman–Crippen LogP) is 1.49. The number of carbonyl (C=O) groups is 1. The third-order valence-corrected chi connectivity index (χ3v) is 4.48. The van der Waals surface area contributed by atoms with E-state index in [1.165, 1.54) is 24.3 Å². The lowest BCUT2D eigenvalue weighted by atomic mass is 10.1. The van der Waals surface area contributed by atoms with Gasteiger partial charge in [0.15, 0.2) is 0 Å².